The molecule has 0 amide bonds. The molecule has 0 aliphatic carbocycles. The van der Waals surface area contributed by atoms with Gasteiger partial charge in [0.1, 0.15) is 6.04 Å². The van der Waals surface area contributed by atoms with Crippen LogP contribution < -0.4 is 5.43 Å². The van der Waals surface area contributed by atoms with E-state index in [0.29, 0.717) is 6.42 Å². The third kappa shape index (κ3) is 1.42. The van der Waals surface area contributed by atoms with E-state index in [1.807, 2.05) is 0 Å². The predicted molar refractivity (Wildman–Crippen MR) is 32.3 cm³/mol. The van der Waals surface area contributed by atoms with Crippen molar-refractivity contribution < 1.29 is 9.90 Å². The van der Waals surface area contributed by atoms with Gasteiger partial charge in [-0.15, -0.1) is 0 Å². The lowest BCUT2D eigenvalue weighted by molar-refractivity contribution is -0.139. The van der Waals surface area contributed by atoms with Gasteiger partial charge in [0.15, 0.2) is 0 Å². The summed E-state index contributed by atoms with van der Waals surface area (Å²) in [6.07, 6.45) is 3.07. The molecule has 0 aromatic heterocycles. The molecule has 0 radical (unpaired) electrons. The van der Waals surface area contributed by atoms with Crippen LogP contribution in [0.5, 0.6) is 0 Å². The summed E-state index contributed by atoms with van der Waals surface area (Å²) >= 11 is 0. The van der Waals surface area contributed by atoms with Gasteiger partial charge in [0.25, 0.3) is 0 Å². The van der Waals surface area contributed by atoms with Gasteiger partial charge >= 0.3 is 5.97 Å². The van der Waals surface area contributed by atoms with Crippen LogP contribution in [-0.2, 0) is 4.79 Å². The van der Waals surface area contributed by atoms with Crippen LogP contribution in [0.1, 0.15) is 12.8 Å². The Morgan fingerprint density at radius 3 is 3.00 bits per heavy atom. The van der Waals surface area contributed by atoms with Gasteiger partial charge in [0.05, 0.1) is 0 Å². The van der Waals surface area contributed by atoms with Crippen molar-refractivity contribution in [3.05, 3.63) is 0 Å². The molecular formula is C5H8N2O2. The summed E-state index contributed by atoms with van der Waals surface area (Å²) in [6.45, 7) is 0. The molecule has 0 bridgehead atoms. The molecule has 0 aromatic rings. The molecule has 50 valence electrons. The molecule has 4 nitrogen and oxygen atoms in total. The van der Waals surface area contributed by atoms with E-state index in [1.165, 1.54) is 0 Å². The van der Waals surface area contributed by atoms with Crippen LogP contribution in [-0.4, -0.2) is 23.3 Å². The summed E-state index contributed by atoms with van der Waals surface area (Å²) in [4.78, 5) is 10.2. The van der Waals surface area contributed by atoms with Crippen molar-refractivity contribution in [1.82, 2.24) is 5.43 Å². The molecule has 1 heterocycles. The van der Waals surface area contributed by atoms with Crippen molar-refractivity contribution in [1.29, 1.82) is 0 Å². The highest BCUT2D eigenvalue weighted by atomic mass is 16.4. The molecule has 1 rings (SSSR count). The van der Waals surface area contributed by atoms with Crippen LogP contribution in [0.15, 0.2) is 5.10 Å². The number of aliphatic carboxylic acids is 1. The fourth-order valence-electron chi connectivity index (χ4n) is 0.692. The van der Waals surface area contributed by atoms with Crippen LogP contribution in [0.3, 0.4) is 0 Å². The first-order valence-electron chi connectivity index (χ1n) is 2.80. The molecular weight excluding hydrogens is 120 g/mol. The van der Waals surface area contributed by atoms with Gasteiger partial charge in [0, 0.05) is 6.21 Å². The quantitative estimate of drug-likeness (QED) is 0.514. The lowest BCUT2D eigenvalue weighted by atomic mass is 10.1. The molecule has 1 aliphatic heterocycles. The van der Waals surface area contributed by atoms with Crippen LogP contribution >= 0.6 is 0 Å². The number of hydrogen-bond donors (Lipinski definition) is 2. The number of nitrogens with zero attached hydrogens (tertiary/aromatic N) is 1. The zero-order valence-electron chi connectivity index (χ0n) is 4.87. The number of nitrogens with one attached hydrogen (secondary N) is 1. The third-order valence-electron chi connectivity index (χ3n) is 1.20. The van der Waals surface area contributed by atoms with Gasteiger partial charge in [-0.05, 0) is 12.8 Å². The van der Waals surface area contributed by atoms with Gasteiger partial charge in [-0.2, -0.15) is 5.10 Å². The van der Waals surface area contributed by atoms with Crippen molar-refractivity contribution in [2.24, 2.45) is 5.10 Å². The molecule has 0 fully saturated rings. The fourth-order valence-corrected chi connectivity index (χ4v) is 0.692. The number of carboxylic acids is 1. The Bertz CT molecular complexity index is 144. The van der Waals surface area contributed by atoms with E-state index in [2.05, 4.69) is 10.5 Å². The lowest BCUT2D eigenvalue weighted by Gasteiger charge is -2.13. The van der Waals surface area contributed by atoms with Gasteiger partial charge in [-0.25, -0.2) is 4.79 Å². The van der Waals surface area contributed by atoms with Crippen molar-refractivity contribution in [3.63, 3.8) is 0 Å². The molecule has 0 spiro atoms. The summed E-state index contributed by atoms with van der Waals surface area (Å²) < 4.78 is 0. The Kier molecular flexibility index (Phi) is 1.67. The molecule has 0 aromatic carbocycles. The molecule has 4 heteroatoms. The first-order chi connectivity index (χ1) is 4.30. The smallest absolute Gasteiger partial charge is 0.327 e. The standard InChI is InChI=1S/C5H8N2O2/c8-5(9)4-2-1-3-6-7-4/h3-4,7H,1-2H2,(H,8,9)/t4-/m0/s1. The summed E-state index contributed by atoms with van der Waals surface area (Å²) in [5.41, 5.74) is 2.49. The first kappa shape index (κ1) is 6.07. The monoisotopic (exact) mass is 128 g/mol. The molecule has 0 saturated carbocycles. The SMILES string of the molecule is O=C(O)[C@@H]1CCC=NN1. The van der Waals surface area contributed by atoms with E-state index in [0.717, 1.165) is 6.42 Å². The minimum atomic E-state index is -0.827. The van der Waals surface area contributed by atoms with Gasteiger partial charge in [-0.1, -0.05) is 0 Å². The number of rotatable bonds is 1. The molecule has 1 aliphatic rings. The largest absolute Gasteiger partial charge is 0.480 e. The van der Waals surface area contributed by atoms with Gasteiger partial charge < -0.3 is 5.11 Å². The number of hydrazone groups is 1. The first-order valence-corrected chi connectivity index (χ1v) is 2.80. The highest BCUT2D eigenvalue weighted by molar-refractivity contribution is 5.75. The average Bonchev–Trinajstić information content (AvgIpc) is 1.90. The second-order valence-electron chi connectivity index (χ2n) is 1.91. The minimum absolute atomic E-state index is 0.477. The van der Waals surface area contributed by atoms with Crippen LogP contribution in [0, 0.1) is 0 Å². The predicted octanol–water partition coefficient (Wildman–Crippen LogP) is -0.191. The van der Waals surface area contributed by atoms with E-state index in [4.69, 9.17) is 5.11 Å². The molecule has 9 heavy (non-hydrogen) atoms. The Hall–Kier alpha value is -1.06. The van der Waals surface area contributed by atoms with Gasteiger partial charge in [-0.3, -0.25) is 5.43 Å². The van der Waals surface area contributed by atoms with E-state index in [9.17, 15) is 4.79 Å². The van der Waals surface area contributed by atoms with Crippen LogP contribution in [0.4, 0.5) is 0 Å². The highest BCUT2D eigenvalue weighted by Gasteiger charge is 2.16. The molecule has 0 saturated heterocycles. The second kappa shape index (κ2) is 2.48. The van der Waals surface area contributed by atoms with Crippen molar-refractivity contribution in [2.45, 2.75) is 18.9 Å². The third-order valence-corrected chi connectivity index (χ3v) is 1.20. The normalized spacial score (nSPS) is 25.1. The Balaban J connectivity index is 2.44. The Morgan fingerprint density at radius 1 is 1.89 bits per heavy atom. The number of carboxylic acid groups (broad SMARTS) is 1. The summed E-state index contributed by atoms with van der Waals surface area (Å²) in [5.74, 6) is -0.827. The highest BCUT2D eigenvalue weighted by Crippen LogP contribution is 1.99. The number of carbonyl (C=O) groups is 1. The maximum atomic E-state index is 10.2. The Morgan fingerprint density at radius 2 is 2.67 bits per heavy atom. The Labute approximate surface area is 52.6 Å². The second-order valence-corrected chi connectivity index (χ2v) is 1.91. The van der Waals surface area contributed by atoms with Crippen molar-refractivity contribution >= 4 is 12.2 Å². The fraction of sp³-hybridized carbons (Fsp3) is 0.600. The summed E-state index contributed by atoms with van der Waals surface area (Å²) in [7, 11) is 0. The van der Waals surface area contributed by atoms with Crippen molar-refractivity contribution in [3.8, 4) is 0 Å². The molecule has 0 unspecified atom stereocenters. The molecule has 1 atom stereocenters. The maximum absolute atomic E-state index is 10.2. The maximum Gasteiger partial charge on any atom is 0.327 e. The van der Waals surface area contributed by atoms with E-state index < -0.39 is 12.0 Å². The van der Waals surface area contributed by atoms with E-state index >= 15 is 0 Å². The molecule has 2 N–H and O–H groups in total. The zero-order chi connectivity index (χ0) is 6.69. The van der Waals surface area contributed by atoms with E-state index in [1.54, 1.807) is 6.21 Å². The topological polar surface area (TPSA) is 61.7 Å². The van der Waals surface area contributed by atoms with Crippen molar-refractivity contribution in [2.75, 3.05) is 0 Å². The minimum Gasteiger partial charge on any atom is -0.480 e. The van der Waals surface area contributed by atoms with Crippen LogP contribution in [0.25, 0.3) is 0 Å². The van der Waals surface area contributed by atoms with Gasteiger partial charge in [0.2, 0.25) is 0 Å². The summed E-state index contributed by atoms with van der Waals surface area (Å²) in [6, 6.07) is -0.477. The van der Waals surface area contributed by atoms with E-state index in [-0.39, 0.29) is 0 Å². The lowest BCUT2D eigenvalue weighted by Crippen LogP contribution is -2.35. The average molecular weight is 128 g/mol. The summed E-state index contributed by atoms with van der Waals surface area (Å²) in [5, 5.41) is 12.0. The number of hydrogen-bond acceptors (Lipinski definition) is 3. The zero-order valence-corrected chi connectivity index (χ0v) is 4.87. The van der Waals surface area contributed by atoms with Crippen LogP contribution in [0.2, 0.25) is 0 Å².